The van der Waals surface area contributed by atoms with Crippen molar-refractivity contribution in [3.05, 3.63) is 0 Å². The van der Waals surface area contributed by atoms with Crippen LogP contribution in [0.3, 0.4) is 0 Å². The molecular weight excluding hydrogens is 335 g/mol. The summed E-state index contributed by atoms with van der Waals surface area (Å²) in [5.41, 5.74) is 8.61. The highest BCUT2D eigenvalue weighted by atomic mass is 19.1. The number of carbonyl (C=O) groups excluding carboxylic acids is 1. The molecular formula is C19H35FN4O2. The molecule has 0 spiro atoms. The summed E-state index contributed by atoms with van der Waals surface area (Å²) in [6, 6.07) is 0. The summed E-state index contributed by atoms with van der Waals surface area (Å²) in [6.07, 6.45) is 7.26. The number of amides is 1. The molecule has 7 heteroatoms. The molecule has 1 aliphatic carbocycles. The molecule has 1 saturated carbocycles. The minimum atomic E-state index is -1.12. The first kappa shape index (κ1) is 20.0. The maximum absolute atomic E-state index is 14.6. The van der Waals surface area contributed by atoms with Gasteiger partial charge in [-0.1, -0.05) is 32.1 Å². The third kappa shape index (κ3) is 4.38. The maximum Gasteiger partial charge on any atom is 0.245 e. The molecule has 0 aromatic carbocycles. The van der Waals surface area contributed by atoms with Crippen molar-refractivity contribution in [1.82, 2.24) is 21.3 Å². The fourth-order valence-corrected chi connectivity index (χ4v) is 4.74. The highest BCUT2D eigenvalue weighted by molar-refractivity contribution is 5.87. The van der Waals surface area contributed by atoms with E-state index in [-0.39, 0.29) is 24.5 Å². The van der Waals surface area contributed by atoms with Gasteiger partial charge in [-0.15, -0.1) is 0 Å². The van der Waals surface area contributed by atoms with E-state index in [1.807, 2.05) is 13.8 Å². The van der Waals surface area contributed by atoms with Crippen LogP contribution in [0.15, 0.2) is 0 Å². The zero-order valence-electron chi connectivity index (χ0n) is 16.2. The molecule has 0 bridgehead atoms. The number of nitrogens with zero attached hydrogens (tertiary/aromatic N) is 1. The Kier molecular flexibility index (Phi) is 6.88. The first-order chi connectivity index (χ1) is 12.5. The highest BCUT2D eigenvalue weighted by Gasteiger charge is 2.50. The molecule has 0 aromatic rings. The first-order valence-corrected chi connectivity index (χ1v) is 10.4. The number of rotatable bonds is 4. The lowest BCUT2D eigenvalue weighted by Gasteiger charge is -2.43. The van der Waals surface area contributed by atoms with Crippen LogP contribution in [0.5, 0.6) is 0 Å². The van der Waals surface area contributed by atoms with Gasteiger partial charge in [-0.25, -0.2) is 15.2 Å². The van der Waals surface area contributed by atoms with E-state index in [9.17, 15) is 9.18 Å². The topological polar surface area (TPSA) is 65.6 Å². The van der Waals surface area contributed by atoms with Gasteiger partial charge in [0, 0.05) is 13.1 Å². The Bertz CT molecular complexity index is 462. The summed E-state index contributed by atoms with van der Waals surface area (Å²) in [5.74, 6) is 0.312. The molecule has 26 heavy (non-hydrogen) atoms. The van der Waals surface area contributed by atoms with Gasteiger partial charge in [0.15, 0.2) is 0 Å². The lowest BCUT2D eigenvalue weighted by atomic mass is 9.75. The Morgan fingerprint density at radius 3 is 2.42 bits per heavy atom. The molecule has 2 heterocycles. The SMILES string of the molecule is CC(C)O[C@H]1CCN(C(=O)C2(C3CCCCCCC3)CNNN2)C[C@H]1F. The summed E-state index contributed by atoms with van der Waals surface area (Å²) in [7, 11) is 0. The van der Waals surface area contributed by atoms with Gasteiger partial charge in [0.05, 0.1) is 18.8 Å². The Morgan fingerprint density at radius 1 is 1.15 bits per heavy atom. The monoisotopic (exact) mass is 370 g/mol. The van der Waals surface area contributed by atoms with E-state index in [1.165, 1.54) is 19.3 Å². The molecule has 2 aliphatic heterocycles. The minimum absolute atomic E-state index is 0.00617. The van der Waals surface area contributed by atoms with Crippen LogP contribution in [0, 0.1) is 5.92 Å². The molecule has 0 aromatic heterocycles. The second kappa shape index (κ2) is 8.95. The molecule has 3 aliphatic rings. The third-order valence-electron chi connectivity index (χ3n) is 6.14. The van der Waals surface area contributed by atoms with Crippen molar-refractivity contribution in [2.24, 2.45) is 5.92 Å². The Morgan fingerprint density at radius 2 is 1.85 bits per heavy atom. The van der Waals surface area contributed by atoms with Gasteiger partial charge in [-0.2, -0.15) is 5.53 Å². The number of halogens is 1. The molecule has 3 fully saturated rings. The van der Waals surface area contributed by atoms with Crippen LogP contribution in [0.2, 0.25) is 0 Å². The van der Waals surface area contributed by atoms with Gasteiger partial charge in [0.2, 0.25) is 5.91 Å². The number of hydrogen-bond acceptors (Lipinski definition) is 5. The minimum Gasteiger partial charge on any atom is -0.372 e. The third-order valence-corrected chi connectivity index (χ3v) is 6.14. The summed E-state index contributed by atoms with van der Waals surface area (Å²) in [6.45, 7) is 5.09. The van der Waals surface area contributed by atoms with Gasteiger partial charge in [-0.3, -0.25) is 4.79 Å². The predicted octanol–water partition coefficient (Wildman–Crippen LogP) is 2.06. The summed E-state index contributed by atoms with van der Waals surface area (Å²) in [4.78, 5) is 15.2. The number of hydrazine groups is 2. The molecule has 1 unspecified atom stereocenters. The Hall–Kier alpha value is -0.760. The second-order valence-electron chi connectivity index (χ2n) is 8.40. The Labute approximate surface area is 156 Å². The van der Waals surface area contributed by atoms with E-state index >= 15 is 0 Å². The number of ether oxygens (including phenoxy) is 1. The van der Waals surface area contributed by atoms with Gasteiger partial charge in [0.1, 0.15) is 11.7 Å². The standard InChI is InChI=1S/C19H35FN4O2/c1-14(2)26-17-10-11-24(12-16(17)20)18(25)19(13-21-23-22-19)15-8-6-4-3-5-7-9-15/h14-17,21-23H,3-13H2,1-2H3/t16-,17+,19?/m1/s1. The first-order valence-electron chi connectivity index (χ1n) is 10.4. The van der Waals surface area contributed by atoms with Gasteiger partial charge in [0.25, 0.3) is 0 Å². The van der Waals surface area contributed by atoms with Gasteiger partial charge >= 0.3 is 0 Å². The lowest BCUT2D eigenvalue weighted by molar-refractivity contribution is -0.147. The molecule has 2 saturated heterocycles. The van der Waals surface area contributed by atoms with Gasteiger partial charge < -0.3 is 9.64 Å². The summed E-state index contributed by atoms with van der Waals surface area (Å²) in [5, 5.41) is 0. The van der Waals surface area contributed by atoms with Crippen molar-refractivity contribution in [3.63, 3.8) is 0 Å². The molecule has 3 N–H and O–H groups in total. The molecule has 150 valence electrons. The molecule has 1 amide bonds. The normalized spacial score (nSPS) is 34.7. The zero-order chi connectivity index (χ0) is 18.6. The van der Waals surface area contributed by atoms with Crippen molar-refractivity contribution >= 4 is 5.91 Å². The fraction of sp³-hybridized carbons (Fsp3) is 0.947. The van der Waals surface area contributed by atoms with Crippen molar-refractivity contribution in [1.29, 1.82) is 0 Å². The number of likely N-dealkylation sites (tertiary alicyclic amines) is 1. The van der Waals surface area contributed by atoms with Crippen LogP contribution in [0.1, 0.15) is 65.2 Å². The quantitative estimate of drug-likeness (QED) is 0.707. The van der Waals surface area contributed by atoms with E-state index in [4.69, 9.17) is 4.74 Å². The lowest BCUT2D eigenvalue weighted by Crippen LogP contribution is -2.64. The van der Waals surface area contributed by atoms with Crippen LogP contribution >= 0.6 is 0 Å². The average molecular weight is 371 g/mol. The second-order valence-corrected chi connectivity index (χ2v) is 8.40. The number of alkyl halides is 1. The fourth-order valence-electron chi connectivity index (χ4n) is 4.74. The smallest absolute Gasteiger partial charge is 0.245 e. The molecule has 3 atom stereocenters. The predicted molar refractivity (Wildman–Crippen MR) is 98.9 cm³/mol. The average Bonchev–Trinajstić information content (AvgIpc) is 3.06. The Balaban J connectivity index is 1.69. The van der Waals surface area contributed by atoms with E-state index in [0.29, 0.717) is 19.5 Å². The van der Waals surface area contributed by atoms with Crippen LogP contribution in [0.25, 0.3) is 0 Å². The maximum atomic E-state index is 14.6. The van der Waals surface area contributed by atoms with E-state index in [0.717, 1.165) is 25.7 Å². The number of piperidine rings is 1. The molecule has 0 radical (unpaired) electrons. The van der Waals surface area contributed by atoms with E-state index in [2.05, 4.69) is 16.4 Å². The highest BCUT2D eigenvalue weighted by Crippen LogP contribution is 2.34. The van der Waals surface area contributed by atoms with Gasteiger partial charge in [-0.05, 0) is 39.0 Å². The summed E-state index contributed by atoms with van der Waals surface area (Å²) >= 11 is 0. The summed E-state index contributed by atoms with van der Waals surface area (Å²) < 4.78 is 20.3. The van der Waals surface area contributed by atoms with Crippen molar-refractivity contribution in [2.75, 3.05) is 19.6 Å². The van der Waals surface area contributed by atoms with Crippen molar-refractivity contribution in [2.45, 2.75) is 89.1 Å². The van der Waals surface area contributed by atoms with Crippen molar-refractivity contribution < 1.29 is 13.9 Å². The van der Waals surface area contributed by atoms with Crippen LogP contribution in [-0.4, -0.2) is 54.4 Å². The largest absolute Gasteiger partial charge is 0.372 e. The van der Waals surface area contributed by atoms with Crippen LogP contribution in [-0.2, 0) is 9.53 Å². The number of carbonyl (C=O) groups is 1. The van der Waals surface area contributed by atoms with E-state index < -0.39 is 17.8 Å². The zero-order valence-corrected chi connectivity index (χ0v) is 16.2. The van der Waals surface area contributed by atoms with Crippen molar-refractivity contribution in [3.8, 4) is 0 Å². The van der Waals surface area contributed by atoms with Crippen LogP contribution in [0.4, 0.5) is 4.39 Å². The molecule has 3 rings (SSSR count). The van der Waals surface area contributed by atoms with Crippen LogP contribution < -0.4 is 16.4 Å². The number of nitrogens with one attached hydrogen (secondary N) is 3. The number of hydrogen-bond donors (Lipinski definition) is 3. The molecule has 6 nitrogen and oxygen atoms in total. The van der Waals surface area contributed by atoms with E-state index in [1.54, 1.807) is 4.90 Å².